The molecule has 0 atom stereocenters. The molecule has 0 aliphatic heterocycles. The molecule has 2 rings (SSSR count). The second-order valence-corrected chi connectivity index (χ2v) is 3.54. The fourth-order valence-corrected chi connectivity index (χ4v) is 1.54. The lowest BCUT2D eigenvalue weighted by Crippen LogP contribution is -2.15. The molecule has 0 fully saturated rings. The normalized spacial score (nSPS) is 13.5. The summed E-state index contributed by atoms with van der Waals surface area (Å²) in [6, 6.07) is 4.50. The molecule has 0 unspecified atom stereocenters. The van der Waals surface area contributed by atoms with E-state index in [-0.39, 0.29) is 35.0 Å². The van der Waals surface area contributed by atoms with Gasteiger partial charge in [0.1, 0.15) is 5.75 Å². The number of carbonyl (C=O) groups is 2. The second-order valence-electron chi connectivity index (χ2n) is 3.54. The molecule has 2 N–H and O–H groups in total. The Morgan fingerprint density at radius 1 is 1.24 bits per heavy atom. The molecule has 1 aliphatic rings. The van der Waals surface area contributed by atoms with Crippen LogP contribution in [0.4, 0.5) is 0 Å². The number of hydrogen-bond donors (Lipinski definition) is 2. The Hall–Kier alpha value is -1.94. The highest BCUT2D eigenvalue weighted by molar-refractivity contribution is 6.25. The van der Waals surface area contributed by atoms with Crippen molar-refractivity contribution in [3.8, 4) is 5.75 Å². The van der Waals surface area contributed by atoms with Crippen molar-refractivity contribution in [3.63, 3.8) is 0 Å². The number of aliphatic hydroxyl groups excluding tert-OH is 1. The third kappa shape index (κ3) is 2.60. The molecule has 0 saturated carbocycles. The van der Waals surface area contributed by atoms with Gasteiger partial charge in [0.05, 0.1) is 5.56 Å². The first-order chi connectivity index (χ1) is 8.02. The van der Waals surface area contributed by atoms with E-state index in [0.717, 1.165) is 0 Å². The Labute approximate surface area is 99.2 Å². The van der Waals surface area contributed by atoms with Crippen LogP contribution in [0.5, 0.6) is 5.75 Å². The van der Waals surface area contributed by atoms with Crippen LogP contribution >= 0.6 is 0 Å². The number of fused-ring (bicyclic) bond motifs is 1. The molecule has 0 heterocycles. The smallest absolute Gasteiger partial charge is 0.190 e. The summed E-state index contributed by atoms with van der Waals surface area (Å²) in [5.41, 5.74) is 0.811. The summed E-state index contributed by atoms with van der Waals surface area (Å²) < 4.78 is 0. The monoisotopic (exact) mass is 234 g/mol. The Bertz CT molecular complexity index is 486. The van der Waals surface area contributed by atoms with Gasteiger partial charge in [-0.1, -0.05) is 12.1 Å². The molecule has 0 spiro atoms. The van der Waals surface area contributed by atoms with Crippen molar-refractivity contribution in [1.82, 2.24) is 0 Å². The SMILES string of the molecule is CC1=CC(=O)c2c(O)cccc2C1=O.CCO. The first-order valence-corrected chi connectivity index (χ1v) is 5.23. The number of aromatic hydroxyl groups is 1. The molecule has 17 heavy (non-hydrogen) atoms. The molecule has 0 radical (unpaired) electrons. The lowest BCUT2D eigenvalue weighted by Gasteiger charge is -2.12. The summed E-state index contributed by atoms with van der Waals surface area (Å²) in [4.78, 5) is 23.1. The average molecular weight is 234 g/mol. The number of phenolic OH excluding ortho intramolecular Hbond substituents is 1. The van der Waals surface area contributed by atoms with Crippen LogP contribution < -0.4 is 0 Å². The lowest BCUT2D eigenvalue weighted by molar-refractivity contribution is 0.0982. The molecule has 90 valence electrons. The van der Waals surface area contributed by atoms with Crippen molar-refractivity contribution in [1.29, 1.82) is 0 Å². The summed E-state index contributed by atoms with van der Waals surface area (Å²) >= 11 is 0. The minimum atomic E-state index is -0.310. The van der Waals surface area contributed by atoms with Gasteiger partial charge < -0.3 is 10.2 Å². The zero-order chi connectivity index (χ0) is 13.0. The van der Waals surface area contributed by atoms with Crippen LogP contribution in [0.2, 0.25) is 0 Å². The minimum absolute atomic E-state index is 0.114. The van der Waals surface area contributed by atoms with Crippen LogP contribution in [0.25, 0.3) is 0 Å². The van der Waals surface area contributed by atoms with Crippen LogP contribution in [0, 0.1) is 0 Å². The van der Waals surface area contributed by atoms with Crippen LogP contribution in [-0.2, 0) is 0 Å². The van der Waals surface area contributed by atoms with Crippen LogP contribution in [-0.4, -0.2) is 28.4 Å². The van der Waals surface area contributed by atoms with E-state index in [1.807, 2.05) is 0 Å². The maximum atomic E-state index is 11.6. The van der Waals surface area contributed by atoms with Crippen molar-refractivity contribution < 1.29 is 19.8 Å². The molecule has 4 nitrogen and oxygen atoms in total. The third-order valence-electron chi connectivity index (χ3n) is 2.24. The van der Waals surface area contributed by atoms with Gasteiger partial charge in [-0.15, -0.1) is 0 Å². The summed E-state index contributed by atoms with van der Waals surface area (Å²) in [7, 11) is 0. The van der Waals surface area contributed by atoms with E-state index in [2.05, 4.69) is 0 Å². The number of hydrogen-bond acceptors (Lipinski definition) is 4. The van der Waals surface area contributed by atoms with Gasteiger partial charge in [-0.3, -0.25) is 9.59 Å². The average Bonchev–Trinajstić information content (AvgIpc) is 2.26. The van der Waals surface area contributed by atoms with Gasteiger partial charge in [-0.25, -0.2) is 0 Å². The Morgan fingerprint density at radius 2 is 1.82 bits per heavy atom. The fraction of sp³-hybridized carbons (Fsp3) is 0.231. The van der Waals surface area contributed by atoms with Crippen LogP contribution in [0.3, 0.4) is 0 Å². The van der Waals surface area contributed by atoms with Gasteiger partial charge in [-0.05, 0) is 26.0 Å². The fourth-order valence-electron chi connectivity index (χ4n) is 1.54. The van der Waals surface area contributed by atoms with Crippen molar-refractivity contribution >= 4 is 11.6 Å². The first-order valence-electron chi connectivity index (χ1n) is 5.23. The van der Waals surface area contributed by atoms with E-state index in [0.29, 0.717) is 5.57 Å². The van der Waals surface area contributed by atoms with E-state index in [1.165, 1.54) is 12.1 Å². The van der Waals surface area contributed by atoms with E-state index >= 15 is 0 Å². The molecule has 4 heteroatoms. The Morgan fingerprint density at radius 3 is 2.41 bits per heavy atom. The number of rotatable bonds is 0. The van der Waals surface area contributed by atoms with Gasteiger partial charge in [-0.2, -0.15) is 0 Å². The molecule has 0 bridgehead atoms. The molecule has 1 aromatic rings. The minimum Gasteiger partial charge on any atom is -0.507 e. The molecule has 0 saturated heterocycles. The summed E-state index contributed by atoms with van der Waals surface area (Å²) in [6.07, 6.45) is 1.25. The Kier molecular flexibility index (Phi) is 4.17. The van der Waals surface area contributed by atoms with Gasteiger partial charge in [0.15, 0.2) is 11.6 Å². The molecule has 1 aliphatic carbocycles. The second kappa shape index (κ2) is 5.41. The summed E-state index contributed by atoms with van der Waals surface area (Å²) in [5, 5.41) is 17.0. The highest BCUT2D eigenvalue weighted by Crippen LogP contribution is 2.27. The summed E-state index contributed by atoms with van der Waals surface area (Å²) in [5.74, 6) is -0.643. The van der Waals surface area contributed by atoms with Crippen LogP contribution in [0.1, 0.15) is 34.6 Å². The zero-order valence-electron chi connectivity index (χ0n) is 9.73. The molecule has 0 amide bonds. The predicted octanol–water partition coefficient (Wildman–Crippen LogP) is 1.72. The number of ketones is 2. The number of benzene rings is 1. The maximum Gasteiger partial charge on any atom is 0.190 e. The highest BCUT2D eigenvalue weighted by Gasteiger charge is 2.25. The largest absolute Gasteiger partial charge is 0.507 e. The highest BCUT2D eigenvalue weighted by atomic mass is 16.3. The van der Waals surface area contributed by atoms with Gasteiger partial charge in [0.2, 0.25) is 0 Å². The Balaban J connectivity index is 0.000000437. The molecular formula is C13H14O4. The number of allylic oxidation sites excluding steroid dienone is 2. The number of aliphatic hydroxyl groups is 1. The lowest BCUT2D eigenvalue weighted by atomic mass is 9.90. The molecule has 0 aromatic heterocycles. The van der Waals surface area contributed by atoms with E-state index in [9.17, 15) is 14.7 Å². The van der Waals surface area contributed by atoms with Crippen molar-refractivity contribution in [2.24, 2.45) is 0 Å². The third-order valence-corrected chi connectivity index (χ3v) is 2.24. The summed E-state index contributed by atoms with van der Waals surface area (Å²) in [6.45, 7) is 3.52. The predicted molar refractivity (Wildman–Crippen MR) is 63.3 cm³/mol. The van der Waals surface area contributed by atoms with Gasteiger partial charge in [0.25, 0.3) is 0 Å². The van der Waals surface area contributed by atoms with Crippen molar-refractivity contribution in [2.45, 2.75) is 13.8 Å². The van der Waals surface area contributed by atoms with Gasteiger partial charge in [0, 0.05) is 17.7 Å². The topological polar surface area (TPSA) is 74.6 Å². The number of Topliss-reactive ketones (excluding diaryl/α,β-unsaturated/α-hetero) is 1. The zero-order valence-corrected chi connectivity index (χ0v) is 9.73. The van der Waals surface area contributed by atoms with Crippen LogP contribution in [0.15, 0.2) is 29.8 Å². The molecular weight excluding hydrogens is 220 g/mol. The van der Waals surface area contributed by atoms with E-state index in [1.54, 1.807) is 26.0 Å². The standard InChI is InChI=1S/C11H8O3.C2H6O/c1-6-5-9(13)10-7(11(6)14)3-2-4-8(10)12;1-2-3/h2-5,12H,1H3;3H,2H2,1H3. The van der Waals surface area contributed by atoms with Crippen molar-refractivity contribution in [2.75, 3.05) is 6.61 Å². The number of carbonyl (C=O) groups excluding carboxylic acids is 2. The van der Waals surface area contributed by atoms with E-state index < -0.39 is 0 Å². The molecule has 1 aromatic carbocycles. The van der Waals surface area contributed by atoms with E-state index in [4.69, 9.17) is 5.11 Å². The quantitative estimate of drug-likeness (QED) is 0.716. The maximum absolute atomic E-state index is 11.6. The van der Waals surface area contributed by atoms with Gasteiger partial charge >= 0.3 is 0 Å². The van der Waals surface area contributed by atoms with Crippen molar-refractivity contribution in [3.05, 3.63) is 41.0 Å². The number of phenols is 1. The first kappa shape index (κ1) is 13.1.